The van der Waals surface area contributed by atoms with Crippen molar-refractivity contribution in [1.29, 1.82) is 0 Å². The molecule has 0 aromatic heterocycles. The van der Waals surface area contributed by atoms with Gasteiger partial charge in [-0.05, 0) is 40.4 Å². The van der Waals surface area contributed by atoms with Crippen LogP contribution in [0.25, 0.3) is 0 Å². The first kappa shape index (κ1) is 21.6. The molecule has 0 aliphatic heterocycles. The molecule has 0 saturated heterocycles. The van der Waals surface area contributed by atoms with Crippen LogP contribution < -0.4 is 15.1 Å². The standard InChI is InChI=1S/C28H34O2Si/c1-5-24(30-25-16-9-6-10-17-25)18-15-23-29-31(28(2,3)4,26-19-11-7-12-20-26)27-21-13-8-14-22-27/h5-14,16-17,19-22,24H,1,15,18,23H2,2-4H3/t24-/m0/s1/i1D. The fourth-order valence-electron chi connectivity index (χ4n) is 4.14. The van der Waals surface area contributed by atoms with Crippen molar-refractivity contribution in [2.24, 2.45) is 0 Å². The van der Waals surface area contributed by atoms with Crippen LogP contribution in [-0.4, -0.2) is 21.0 Å². The highest BCUT2D eigenvalue weighted by Gasteiger charge is 2.49. The highest BCUT2D eigenvalue weighted by molar-refractivity contribution is 6.99. The molecule has 31 heavy (non-hydrogen) atoms. The number of ether oxygens (including phenoxy) is 1. The minimum Gasteiger partial charge on any atom is -0.486 e. The molecule has 0 aliphatic rings. The Balaban J connectivity index is 1.78. The van der Waals surface area contributed by atoms with Gasteiger partial charge in [-0.25, -0.2) is 0 Å². The number of para-hydroxylation sites is 1. The average molecular weight is 432 g/mol. The van der Waals surface area contributed by atoms with Crippen molar-refractivity contribution in [3.05, 3.63) is 104 Å². The first-order chi connectivity index (χ1) is 15.5. The summed E-state index contributed by atoms with van der Waals surface area (Å²) < 4.78 is 20.5. The van der Waals surface area contributed by atoms with Crippen LogP contribution >= 0.6 is 0 Å². The SMILES string of the molecule is [2H]C=C[C@@H](CCCO[Si](c1ccccc1)(c1ccccc1)C(C)(C)C)Oc1ccccc1. The summed E-state index contributed by atoms with van der Waals surface area (Å²) in [7, 11) is -2.51. The molecule has 0 bridgehead atoms. The summed E-state index contributed by atoms with van der Waals surface area (Å²) in [5, 5.41) is 2.56. The van der Waals surface area contributed by atoms with Crippen molar-refractivity contribution in [2.45, 2.75) is 44.8 Å². The quantitative estimate of drug-likeness (QED) is 0.223. The Kier molecular flexibility index (Phi) is 7.39. The van der Waals surface area contributed by atoms with Crippen molar-refractivity contribution in [2.75, 3.05) is 6.61 Å². The number of rotatable bonds is 10. The van der Waals surface area contributed by atoms with Gasteiger partial charge in [0.2, 0.25) is 0 Å². The summed E-state index contributed by atoms with van der Waals surface area (Å²) in [5.41, 5.74) is 0. The summed E-state index contributed by atoms with van der Waals surface area (Å²) in [6.45, 7) is 8.85. The van der Waals surface area contributed by atoms with E-state index in [1.165, 1.54) is 16.9 Å². The molecular weight excluding hydrogens is 396 g/mol. The second kappa shape index (κ2) is 10.6. The van der Waals surface area contributed by atoms with E-state index in [4.69, 9.17) is 10.5 Å². The molecule has 0 aliphatic carbocycles. The van der Waals surface area contributed by atoms with E-state index in [1.807, 2.05) is 30.3 Å². The van der Waals surface area contributed by atoms with Gasteiger partial charge in [0.05, 0.1) is 1.37 Å². The van der Waals surface area contributed by atoms with Crippen molar-refractivity contribution < 1.29 is 10.5 Å². The molecule has 3 aromatic rings. The van der Waals surface area contributed by atoms with Crippen molar-refractivity contribution in [3.8, 4) is 5.75 Å². The van der Waals surface area contributed by atoms with Crippen LogP contribution in [0.3, 0.4) is 0 Å². The van der Waals surface area contributed by atoms with Crippen LogP contribution in [0.5, 0.6) is 5.75 Å². The predicted octanol–water partition coefficient (Wildman–Crippen LogP) is 5.98. The molecule has 0 amide bonds. The summed E-state index contributed by atoms with van der Waals surface area (Å²) in [5.74, 6) is 0.823. The van der Waals surface area contributed by atoms with Crippen LogP contribution in [0.15, 0.2) is 104 Å². The van der Waals surface area contributed by atoms with Crippen molar-refractivity contribution in [1.82, 2.24) is 0 Å². The smallest absolute Gasteiger partial charge is 0.261 e. The summed E-state index contributed by atoms with van der Waals surface area (Å²) in [4.78, 5) is 0. The van der Waals surface area contributed by atoms with Gasteiger partial charge < -0.3 is 9.16 Å². The third-order valence-electron chi connectivity index (χ3n) is 5.61. The fourth-order valence-corrected chi connectivity index (χ4v) is 8.75. The second-order valence-corrected chi connectivity index (χ2v) is 13.1. The molecule has 0 spiro atoms. The molecule has 0 unspecified atom stereocenters. The zero-order valence-corrected chi connectivity index (χ0v) is 19.8. The first-order valence-electron chi connectivity index (χ1n) is 11.6. The van der Waals surface area contributed by atoms with Crippen LogP contribution in [0.2, 0.25) is 5.04 Å². The van der Waals surface area contributed by atoms with E-state index in [2.05, 4.69) is 81.4 Å². The van der Waals surface area contributed by atoms with E-state index in [0.717, 1.165) is 18.6 Å². The maximum Gasteiger partial charge on any atom is 0.261 e. The molecule has 0 fully saturated rings. The Labute approximate surface area is 190 Å². The third kappa shape index (κ3) is 5.55. The van der Waals surface area contributed by atoms with Gasteiger partial charge in [0.15, 0.2) is 0 Å². The van der Waals surface area contributed by atoms with Crippen LogP contribution in [0.4, 0.5) is 0 Å². The fraction of sp³-hybridized carbons (Fsp3) is 0.286. The summed E-state index contributed by atoms with van der Waals surface area (Å²) in [6.07, 6.45) is 3.31. The Morgan fingerprint density at radius 1 is 0.871 bits per heavy atom. The van der Waals surface area contributed by atoms with E-state index >= 15 is 0 Å². The normalized spacial score (nSPS) is 13.7. The minimum absolute atomic E-state index is 0.0310. The lowest BCUT2D eigenvalue weighted by Gasteiger charge is -2.43. The van der Waals surface area contributed by atoms with Gasteiger partial charge in [-0.3, -0.25) is 0 Å². The molecule has 1 atom stereocenters. The number of benzene rings is 3. The molecule has 0 radical (unpaired) electrons. The van der Waals surface area contributed by atoms with Crippen molar-refractivity contribution >= 4 is 18.7 Å². The zero-order chi connectivity index (χ0) is 22.9. The second-order valence-electron chi connectivity index (χ2n) is 8.82. The number of hydrogen-bond acceptors (Lipinski definition) is 2. The van der Waals surface area contributed by atoms with Gasteiger partial charge >= 0.3 is 0 Å². The molecular formula is C28H34O2Si. The predicted molar refractivity (Wildman–Crippen MR) is 134 cm³/mol. The summed E-state index contributed by atoms with van der Waals surface area (Å²) >= 11 is 0. The molecule has 3 heteroatoms. The first-order valence-corrected chi connectivity index (χ1v) is 12.9. The lowest BCUT2D eigenvalue weighted by molar-refractivity contribution is 0.213. The van der Waals surface area contributed by atoms with Gasteiger partial charge in [0.1, 0.15) is 11.9 Å². The van der Waals surface area contributed by atoms with Gasteiger partial charge in [-0.15, -0.1) is 0 Å². The monoisotopic (exact) mass is 431 g/mol. The van der Waals surface area contributed by atoms with Crippen LogP contribution in [0, 0.1) is 0 Å². The number of hydrogen-bond donors (Lipinski definition) is 0. The average Bonchev–Trinajstić information content (AvgIpc) is 2.80. The Morgan fingerprint density at radius 2 is 1.39 bits per heavy atom. The van der Waals surface area contributed by atoms with E-state index < -0.39 is 8.32 Å². The molecule has 2 nitrogen and oxygen atoms in total. The lowest BCUT2D eigenvalue weighted by Crippen LogP contribution is -2.66. The van der Waals surface area contributed by atoms with Gasteiger partial charge in [-0.2, -0.15) is 0 Å². The topological polar surface area (TPSA) is 18.5 Å². The molecule has 3 aromatic carbocycles. The Hall–Kier alpha value is -2.62. The molecule has 0 saturated carbocycles. The van der Waals surface area contributed by atoms with E-state index in [1.54, 1.807) is 6.08 Å². The van der Waals surface area contributed by atoms with Crippen molar-refractivity contribution in [3.63, 3.8) is 0 Å². The maximum absolute atomic E-state index is 7.50. The molecule has 162 valence electrons. The highest BCUT2D eigenvalue weighted by atomic mass is 28.4. The third-order valence-corrected chi connectivity index (χ3v) is 10.7. The maximum atomic E-state index is 7.50. The van der Waals surface area contributed by atoms with E-state index in [0.29, 0.717) is 6.61 Å². The van der Waals surface area contributed by atoms with E-state index in [9.17, 15) is 0 Å². The van der Waals surface area contributed by atoms with Gasteiger partial charge in [0.25, 0.3) is 8.32 Å². The largest absolute Gasteiger partial charge is 0.486 e. The summed E-state index contributed by atoms with van der Waals surface area (Å²) in [6, 6.07) is 31.2. The van der Waals surface area contributed by atoms with E-state index in [-0.39, 0.29) is 11.1 Å². The van der Waals surface area contributed by atoms with Crippen LogP contribution in [0.1, 0.15) is 35.0 Å². The lowest BCUT2D eigenvalue weighted by atomic mass is 10.2. The van der Waals surface area contributed by atoms with Gasteiger partial charge in [0, 0.05) is 6.61 Å². The molecule has 0 heterocycles. The molecule has 0 N–H and O–H groups in total. The Bertz CT molecular complexity index is 913. The van der Waals surface area contributed by atoms with Crippen LogP contribution in [-0.2, 0) is 4.43 Å². The van der Waals surface area contributed by atoms with Gasteiger partial charge in [-0.1, -0.05) is 112 Å². The Morgan fingerprint density at radius 3 is 1.87 bits per heavy atom. The molecule has 3 rings (SSSR count). The highest BCUT2D eigenvalue weighted by Crippen LogP contribution is 2.36. The minimum atomic E-state index is -2.51. The zero-order valence-electron chi connectivity index (χ0n) is 19.8.